The third kappa shape index (κ3) is 4.86. The minimum absolute atomic E-state index is 0.0202. The Hall–Kier alpha value is -3.87. The standard InChI is InChI=1S/C26H23F6N7/c27-25(28,29)19-12-37-24(38-14-2-1-5-33-8-14)39-23(19)18-11-35-20-6-13(3-4-15(18)20)16-9-34-21-7-22(26(30,31)32)36-10-17(16)21/h6-7,9-12,14,33-35H,1-5,8H2,(H,37,38,39)/t14-/m0/s1. The van der Waals surface area contributed by atoms with Crippen molar-refractivity contribution < 1.29 is 26.3 Å². The summed E-state index contributed by atoms with van der Waals surface area (Å²) in [6, 6.07) is 0.982. The van der Waals surface area contributed by atoms with E-state index in [0.717, 1.165) is 37.2 Å². The normalized spacial score (nSPS) is 18.2. The van der Waals surface area contributed by atoms with Crippen molar-refractivity contribution in [2.24, 2.45) is 0 Å². The number of nitrogens with one attached hydrogen (secondary N) is 4. The molecule has 4 aromatic rings. The number of fused-ring (bicyclic) bond motifs is 2. The van der Waals surface area contributed by atoms with Gasteiger partial charge in [-0.3, -0.25) is 4.98 Å². The van der Waals surface area contributed by atoms with Crippen LogP contribution in [0.15, 0.2) is 30.9 Å². The molecule has 0 amide bonds. The van der Waals surface area contributed by atoms with Crippen LogP contribution in [0.2, 0.25) is 0 Å². The van der Waals surface area contributed by atoms with Crippen molar-refractivity contribution in [3.63, 3.8) is 0 Å². The van der Waals surface area contributed by atoms with E-state index >= 15 is 0 Å². The number of aromatic nitrogens is 5. The summed E-state index contributed by atoms with van der Waals surface area (Å²) < 4.78 is 81.0. The van der Waals surface area contributed by atoms with E-state index in [1.54, 1.807) is 6.20 Å². The Morgan fingerprint density at radius 1 is 0.923 bits per heavy atom. The summed E-state index contributed by atoms with van der Waals surface area (Å²) >= 11 is 0. The second kappa shape index (κ2) is 9.40. The number of pyridine rings is 1. The first-order valence-corrected chi connectivity index (χ1v) is 12.5. The van der Waals surface area contributed by atoms with Gasteiger partial charge in [0.2, 0.25) is 5.95 Å². The van der Waals surface area contributed by atoms with Gasteiger partial charge in [0.05, 0.1) is 5.69 Å². The lowest BCUT2D eigenvalue weighted by atomic mass is 9.89. The molecule has 0 bridgehead atoms. The summed E-state index contributed by atoms with van der Waals surface area (Å²) in [5, 5.41) is 6.92. The Balaban J connectivity index is 1.35. The summed E-state index contributed by atoms with van der Waals surface area (Å²) in [6.45, 7) is 1.57. The number of hydrogen-bond acceptors (Lipinski definition) is 5. The van der Waals surface area contributed by atoms with Crippen LogP contribution in [0.4, 0.5) is 32.3 Å². The number of alkyl halides is 6. The highest BCUT2D eigenvalue weighted by Gasteiger charge is 2.37. The van der Waals surface area contributed by atoms with Gasteiger partial charge in [-0.15, -0.1) is 0 Å². The van der Waals surface area contributed by atoms with Crippen molar-refractivity contribution in [3.8, 4) is 11.3 Å². The van der Waals surface area contributed by atoms with Gasteiger partial charge in [-0.1, -0.05) is 0 Å². The van der Waals surface area contributed by atoms with Crippen LogP contribution in [0.1, 0.15) is 47.3 Å². The molecule has 0 radical (unpaired) electrons. The Labute approximate surface area is 218 Å². The van der Waals surface area contributed by atoms with Gasteiger partial charge >= 0.3 is 12.4 Å². The molecule has 0 unspecified atom stereocenters. The molecule has 2 aliphatic rings. The molecule has 6 rings (SSSR count). The minimum Gasteiger partial charge on any atom is -0.361 e. The van der Waals surface area contributed by atoms with Gasteiger partial charge in [0.25, 0.3) is 0 Å². The van der Waals surface area contributed by atoms with E-state index in [9.17, 15) is 26.3 Å². The molecule has 204 valence electrons. The summed E-state index contributed by atoms with van der Waals surface area (Å²) in [5.74, 6) is 0.137. The maximum Gasteiger partial charge on any atom is 0.433 e. The van der Waals surface area contributed by atoms with E-state index in [1.165, 1.54) is 12.4 Å². The number of nitrogens with zero attached hydrogens (tertiary/aromatic N) is 3. The van der Waals surface area contributed by atoms with Crippen LogP contribution in [-0.2, 0) is 18.8 Å². The first-order chi connectivity index (χ1) is 18.6. The molecule has 0 spiro atoms. The molecular weight excluding hydrogens is 524 g/mol. The van der Waals surface area contributed by atoms with Crippen LogP contribution in [0, 0.1) is 0 Å². The smallest absolute Gasteiger partial charge is 0.361 e. The molecule has 1 saturated heterocycles. The molecule has 1 aliphatic heterocycles. The lowest BCUT2D eigenvalue weighted by Gasteiger charge is -2.24. The molecule has 4 N–H and O–H groups in total. The van der Waals surface area contributed by atoms with Gasteiger partial charge in [-0.2, -0.15) is 26.3 Å². The van der Waals surface area contributed by atoms with Crippen LogP contribution >= 0.6 is 0 Å². The van der Waals surface area contributed by atoms with Crippen molar-refractivity contribution >= 4 is 28.5 Å². The number of hydrogen-bond donors (Lipinski definition) is 4. The number of aromatic amines is 2. The topological polar surface area (TPSA) is 94.3 Å². The van der Waals surface area contributed by atoms with Gasteiger partial charge in [0.1, 0.15) is 11.3 Å². The maximum absolute atomic E-state index is 13.9. The van der Waals surface area contributed by atoms with E-state index < -0.39 is 23.6 Å². The van der Waals surface area contributed by atoms with Crippen LogP contribution < -0.4 is 10.6 Å². The highest BCUT2D eigenvalue weighted by molar-refractivity contribution is 5.98. The third-order valence-electron chi connectivity index (χ3n) is 7.17. The highest BCUT2D eigenvalue weighted by Crippen LogP contribution is 2.42. The predicted molar refractivity (Wildman–Crippen MR) is 134 cm³/mol. The second-order valence-electron chi connectivity index (χ2n) is 9.72. The molecule has 4 aromatic heterocycles. The van der Waals surface area contributed by atoms with Gasteiger partial charge in [-0.25, -0.2) is 9.97 Å². The number of H-pyrrole nitrogens is 2. The van der Waals surface area contributed by atoms with Crippen molar-refractivity contribution in [1.82, 2.24) is 30.2 Å². The van der Waals surface area contributed by atoms with Crippen molar-refractivity contribution in [2.45, 2.75) is 44.1 Å². The minimum atomic E-state index is -4.65. The summed E-state index contributed by atoms with van der Waals surface area (Å²) in [4.78, 5) is 17.8. The average molecular weight is 548 g/mol. The van der Waals surface area contributed by atoms with E-state index in [1.807, 2.05) is 6.08 Å². The van der Waals surface area contributed by atoms with E-state index in [2.05, 4.69) is 35.6 Å². The van der Waals surface area contributed by atoms with Gasteiger partial charge in [0.15, 0.2) is 0 Å². The van der Waals surface area contributed by atoms with Gasteiger partial charge in [0, 0.05) is 65.1 Å². The molecule has 1 atom stereocenters. The number of anilines is 1. The second-order valence-corrected chi connectivity index (χ2v) is 9.72. The van der Waals surface area contributed by atoms with Crippen molar-refractivity contribution in [2.75, 3.05) is 18.4 Å². The van der Waals surface area contributed by atoms with E-state index in [-0.39, 0.29) is 17.7 Å². The largest absolute Gasteiger partial charge is 0.433 e. The van der Waals surface area contributed by atoms with Crippen LogP contribution in [0.5, 0.6) is 0 Å². The number of rotatable bonds is 4. The first-order valence-electron chi connectivity index (χ1n) is 12.5. The molecule has 13 heteroatoms. The van der Waals surface area contributed by atoms with Crippen molar-refractivity contribution in [1.29, 1.82) is 0 Å². The Morgan fingerprint density at radius 2 is 1.74 bits per heavy atom. The average Bonchev–Trinajstić information content (AvgIpc) is 3.51. The summed E-state index contributed by atoms with van der Waals surface area (Å²) in [5.41, 5.74) is 1.36. The van der Waals surface area contributed by atoms with Gasteiger partial charge in [-0.05, 0) is 55.5 Å². The molecule has 0 saturated carbocycles. The van der Waals surface area contributed by atoms with E-state index in [0.29, 0.717) is 52.7 Å². The number of halogens is 6. The monoisotopic (exact) mass is 547 g/mol. The lowest BCUT2D eigenvalue weighted by molar-refractivity contribution is -0.141. The fraction of sp³-hybridized carbons (Fsp3) is 0.346. The quantitative estimate of drug-likeness (QED) is 0.234. The zero-order valence-electron chi connectivity index (χ0n) is 20.4. The van der Waals surface area contributed by atoms with Crippen molar-refractivity contribution in [3.05, 3.63) is 58.9 Å². The Morgan fingerprint density at radius 3 is 2.49 bits per heavy atom. The van der Waals surface area contributed by atoms with Crippen LogP contribution in [0.25, 0.3) is 33.8 Å². The molecule has 1 aliphatic carbocycles. The SMILES string of the molecule is FC(F)(F)c1cc2[nH]cc(C3=Cc4[nH]cc(-c5nc(N[C@H]6CCCNC6)ncc5C(F)(F)F)c4CC3)c2cn1. The summed E-state index contributed by atoms with van der Waals surface area (Å²) in [7, 11) is 0. The van der Waals surface area contributed by atoms with Gasteiger partial charge < -0.3 is 20.6 Å². The van der Waals surface area contributed by atoms with Crippen LogP contribution in [0.3, 0.4) is 0 Å². The summed E-state index contributed by atoms with van der Waals surface area (Å²) in [6.07, 6.45) is 0.439. The fourth-order valence-corrected chi connectivity index (χ4v) is 5.26. The van der Waals surface area contributed by atoms with Crippen LogP contribution in [-0.4, -0.2) is 44.1 Å². The molecule has 5 heterocycles. The first kappa shape index (κ1) is 25.4. The molecule has 7 nitrogen and oxygen atoms in total. The molecule has 0 aromatic carbocycles. The predicted octanol–water partition coefficient (Wildman–Crippen LogP) is 6.04. The fourth-order valence-electron chi connectivity index (χ4n) is 5.26. The number of allylic oxidation sites excluding steroid dienone is 1. The Kier molecular flexibility index (Phi) is 6.12. The number of piperidine rings is 1. The molecule has 39 heavy (non-hydrogen) atoms. The molecular formula is C26H23F6N7. The lowest BCUT2D eigenvalue weighted by Crippen LogP contribution is -2.38. The van der Waals surface area contributed by atoms with E-state index in [4.69, 9.17) is 0 Å². The molecule has 1 fully saturated rings. The maximum atomic E-state index is 13.9. The zero-order chi connectivity index (χ0) is 27.4. The highest BCUT2D eigenvalue weighted by atomic mass is 19.4. The zero-order valence-corrected chi connectivity index (χ0v) is 20.4. The Bertz CT molecular complexity index is 1560. The third-order valence-corrected chi connectivity index (χ3v) is 7.17.